The molecule has 1 aromatic rings. The Labute approximate surface area is 132 Å². The molecular weight excluding hydrogens is 306 g/mol. The zero-order valence-electron chi connectivity index (χ0n) is 13.4. The van der Waals surface area contributed by atoms with Gasteiger partial charge in [-0.1, -0.05) is 6.92 Å². The van der Waals surface area contributed by atoms with Crippen LogP contribution in [0.4, 0.5) is 0 Å². The van der Waals surface area contributed by atoms with Crippen LogP contribution in [0.15, 0.2) is 10.3 Å². The van der Waals surface area contributed by atoms with Gasteiger partial charge in [-0.05, 0) is 44.9 Å². The molecule has 2 unspecified atom stereocenters. The fraction of sp³-hybridized carbons (Fsp3) is 0.714. The summed E-state index contributed by atoms with van der Waals surface area (Å²) in [6.45, 7) is 5.76. The summed E-state index contributed by atoms with van der Waals surface area (Å²) in [5, 5.41) is 4.99. The lowest BCUT2D eigenvalue weighted by Crippen LogP contribution is -2.36. The molecular formula is C14H25N3O2S2. The largest absolute Gasteiger partial charge is 0.315 e. The Hall–Kier alpha value is -0.470. The highest BCUT2D eigenvalue weighted by molar-refractivity contribution is 7.89. The summed E-state index contributed by atoms with van der Waals surface area (Å²) in [7, 11) is 2.46. The molecule has 0 saturated carbocycles. The Morgan fingerprint density at radius 3 is 2.62 bits per heavy atom. The van der Waals surface area contributed by atoms with Gasteiger partial charge in [0.25, 0.3) is 0 Å². The van der Waals surface area contributed by atoms with Crippen LogP contribution in [0.1, 0.15) is 17.4 Å². The third-order valence-corrected chi connectivity index (χ3v) is 7.42. The molecule has 2 heterocycles. The van der Waals surface area contributed by atoms with Crippen LogP contribution in [0.5, 0.6) is 0 Å². The normalized spacial score (nSPS) is 24.1. The van der Waals surface area contributed by atoms with Crippen molar-refractivity contribution in [2.75, 3.05) is 34.2 Å². The molecule has 1 aromatic heterocycles. The average Bonchev–Trinajstić information content (AvgIpc) is 2.94. The second-order valence-corrected chi connectivity index (χ2v) is 8.87. The third-order valence-electron chi connectivity index (χ3n) is 4.13. The molecule has 1 N–H and O–H groups in total. The van der Waals surface area contributed by atoms with E-state index in [4.69, 9.17) is 0 Å². The van der Waals surface area contributed by atoms with E-state index < -0.39 is 10.0 Å². The van der Waals surface area contributed by atoms with E-state index in [1.807, 2.05) is 33.4 Å². The average molecular weight is 332 g/mol. The third kappa shape index (κ3) is 3.17. The summed E-state index contributed by atoms with van der Waals surface area (Å²) in [4.78, 5) is 3.53. The predicted octanol–water partition coefficient (Wildman–Crippen LogP) is 1.35. The van der Waals surface area contributed by atoms with E-state index in [0.29, 0.717) is 30.4 Å². The minimum Gasteiger partial charge on any atom is -0.315 e. The van der Waals surface area contributed by atoms with Gasteiger partial charge in [0.05, 0.1) is 0 Å². The van der Waals surface area contributed by atoms with Crippen LogP contribution in [0.3, 0.4) is 0 Å². The highest BCUT2D eigenvalue weighted by Gasteiger charge is 2.39. The Balaban J connectivity index is 2.34. The fourth-order valence-electron chi connectivity index (χ4n) is 3.02. The SMILES string of the molecule is CNCc1scc(C)c1S(=O)(=O)N1CC(C)C(N(C)C)C1. The van der Waals surface area contributed by atoms with Crippen molar-refractivity contribution in [1.82, 2.24) is 14.5 Å². The molecule has 1 aliphatic rings. The van der Waals surface area contributed by atoms with Gasteiger partial charge in [0.15, 0.2) is 0 Å². The molecule has 2 rings (SSSR count). The molecule has 0 bridgehead atoms. The van der Waals surface area contributed by atoms with Gasteiger partial charge in [-0.15, -0.1) is 11.3 Å². The summed E-state index contributed by atoms with van der Waals surface area (Å²) in [5.41, 5.74) is 0.853. The van der Waals surface area contributed by atoms with Gasteiger partial charge in [0, 0.05) is 30.6 Å². The molecule has 120 valence electrons. The van der Waals surface area contributed by atoms with Crippen molar-refractivity contribution < 1.29 is 8.42 Å². The number of nitrogens with one attached hydrogen (secondary N) is 1. The topological polar surface area (TPSA) is 52.7 Å². The molecule has 0 amide bonds. The number of hydrogen-bond donors (Lipinski definition) is 1. The molecule has 1 aliphatic heterocycles. The monoisotopic (exact) mass is 331 g/mol. The number of aryl methyl sites for hydroxylation is 1. The van der Waals surface area contributed by atoms with E-state index in [0.717, 1.165) is 10.4 Å². The molecule has 0 spiro atoms. The standard InChI is InChI=1S/C14H25N3O2S2/c1-10-7-17(8-12(10)16(4)5)21(18,19)14-11(2)9-20-13(14)6-15-3/h9-10,12,15H,6-8H2,1-5H3. The first kappa shape index (κ1) is 16.9. The highest BCUT2D eigenvalue weighted by atomic mass is 32.2. The van der Waals surface area contributed by atoms with Gasteiger partial charge in [0.1, 0.15) is 4.90 Å². The summed E-state index contributed by atoms with van der Waals surface area (Å²) in [6, 6.07) is 0.284. The lowest BCUT2D eigenvalue weighted by molar-refractivity contribution is 0.263. The predicted molar refractivity (Wildman–Crippen MR) is 87.2 cm³/mol. The molecule has 0 aliphatic carbocycles. The van der Waals surface area contributed by atoms with E-state index in [1.165, 1.54) is 11.3 Å². The molecule has 2 atom stereocenters. The smallest absolute Gasteiger partial charge is 0.244 e. The molecule has 0 radical (unpaired) electrons. The first-order valence-electron chi connectivity index (χ1n) is 7.17. The fourth-order valence-corrected chi connectivity index (χ4v) is 6.35. The number of hydrogen-bond acceptors (Lipinski definition) is 5. The maximum absolute atomic E-state index is 13.0. The lowest BCUT2D eigenvalue weighted by Gasteiger charge is -2.22. The number of likely N-dealkylation sites (N-methyl/N-ethyl adjacent to an activating group) is 1. The maximum Gasteiger partial charge on any atom is 0.244 e. The van der Waals surface area contributed by atoms with E-state index in [1.54, 1.807) is 4.31 Å². The van der Waals surface area contributed by atoms with Crippen molar-refractivity contribution in [1.29, 1.82) is 0 Å². The molecule has 1 fully saturated rings. The minimum absolute atomic E-state index is 0.284. The second kappa shape index (κ2) is 6.34. The second-order valence-electron chi connectivity index (χ2n) is 6.03. The molecule has 7 heteroatoms. The lowest BCUT2D eigenvalue weighted by atomic mass is 10.1. The van der Waals surface area contributed by atoms with Crippen LogP contribution in [-0.2, 0) is 16.6 Å². The zero-order valence-corrected chi connectivity index (χ0v) is 15.0. The Kier molecular flexibility index (Phi) is 5.10. The number of thiophene rings is 1. The molecule has 1 saturated heterocycles. The van der Waals surface area contributed by atoms with Gasteiger partial charge in [-0.3, -0.25) is 0 Å². The van der Waals surface area contributed by atoms with E-state index in [9.17, 15) is 8.42 Å². The number of sulfonamides is 1. The minimum atomic E-state index is -3.40. The van der Waals surface area contributed by atoms with Crippen molar-refractivity contribution in [2.45, 2.75) is 31.3 Å². The quantitative estimate of drug-likeness (QED) is 0.885. The van der Waals surface area contributed by atoms with E-state index in [2.05, 4.69) is 17.1 Å². The molecule has 21 heavy (non-hydrogen) atoms. The maximum atomic E-state index is 13.0. The Morgan fingerprint density at radius 2 is 2.10 bits per heavy atom. The van der Waals surface area contributed by atoms with Crippen LogP contribution in [0, 0.1) is 12.8 Å². The molecule has 0 aromatic carbocycles. The van der Waals surface area contributed by atoms with Crippen molar-refractivity contribution in [3.8, 4) is 0 Å². The van der Waals surface area contributed by atoms with Crippen LogP contribution in [-0.4, -0.2) is 57.9 Å². The van der Waals surface area contributed by atoms with Crippen molar-refractivity contribution in [3.63, 3.8) is 0 Å². The number of rotatable bonds is 5. The van der Waals surface area contributed by atoms with Crippen LogP contribution in [0.25, 0.3) is 0 Å². The van der Waals surface area contributed by atoms with Gasteiger partial charge >= 0.3 is 0 Å². The van der Waals surface area contributed by atoms with Gasteiger partial charge in [0.2, 0.25) is 10.0 Å². The van der Waals surface area contributed by atoms with Crippen molar-refractivity contribution >= 4 is 21.4 Å². The first-order valence-corrected chi connectivity index (χ1v) is 9.49. The summed E-state index contributed by atoms with van der Waals surface area (Å²) < 4.78 is 27.7. The summed E-state index contributed by atoms with van der Waals surface area (Å²) in [5.74, 6) is 0.349. The van der Waals surface area contributed by atoms with Crippen molar-refractivity contribution in [3.05, 3.63) is 15.8 Å². The van der Waals surface area contributed by atoms with E-state index in [-0.39, 0.29) is 6.04 Å². The zero-order chi connectivity index (χ0) is 15.8. The van der Waals surface area contributed by atoms with Gasteiger partial charge in [-0.25, -0.2) is 8.42 Å². The highest BCUT2D eigenvalue weighted by Crippen LogP contribution is 2.33. The Morgan fingerprint density at radius 1 is 1.43 bits per heavy atom. The van der Waals surface area contributed by atoms with Crippen LogP contribution >= 0.6 is 11.3 Å². The first-order chi connectivity index (χ1) is 9.78. The van der Waals surface area contributed by atoms with Crippen LogP contribution in [0.2, 0.25) is 0 Å². The molecule has 5 nitrogen and oxygen atoms in total. The van der Waals surface area contributed by atoms with Gasteiger partial charge < -0.3 is 10.2 Å². The summed E-state index contributed by atoms with van der Waals surface area (Å²) in [6.07, 6.45) is 0. The number of nitrogens with zero attached hydrogens (tertiary/aromatic N) is 2. The van der Waals surface area contributed by atoms with Crippen LogP contribution < -0.4 is 5.32 Å². The van der Waals surface area contributed by atoms with E-state index >= 15 is 0 Å². The van der Waals surface area contributed by atoms with Gasteiger partial charge in [-0.2, -0.15) is 4.31 Å². The Bertz CT molecular complexity index is 595. The summed E-state index contributed by atoms with van der Waals surface area (Å²) >= 11 is 1.52. The van der Waals surface area contributed by atoms with Crippen molar-refractivity contribution in [2.24, 2.45) is 5.92 Å².